The van der Waals surface area contributed by atoms with E-state index in [0.29, 0.717) is 39.5 Å². The molecule has 6 rings (SSSR count). The Balaban J connectivity index is 1.42. The van der Waals surface area contributed by atoms with Crippen LogP contribution in [0.2, 0.25) is 0 Å². The summed E-state index contributed by atoms with van der Waals surface area (Å²) in [6, 6.07) is 0.609. The number of sulfonamides is 1. The predicted octanol–water partition coefficient (Wildman–Crippen LogP) is 5.34. The summed E-state index contributed by atoms with van der Waals surface area (Å²) in [6.45, 7) is 5.55. The number of benzene rings is 1. The molecule has 3 heterocycles. The van der Waals surface area contributed by atoms with Crippen molar-refractivity contribution in [1.29, 1.82) is 0 Å². The summed E-state index contributed by atoms with van der Waals surface area (Å²) in [6.07, 6.45) is -8.76. The predicted molar refractivity (Wildman–Crippen MR) is 215 cm³/mol. The molecular weight excluding hydrogens is 883 g/mol. The molecule has 64 heavy (non-hydrogen) atoms. The van der Waals surface area contributed by atoms with Gasteiger partial charge in [0, 0.05) is 31.4 Å². The third-order valence-electron chi connectivity index (χ3n) is 12.2. The maximum absolute atomic E-state index is 15.0. The molecule has 2 aliphatic carbocycles. The fourth-order valence-corrected chi connectivity index (χ4v) is 9.25. The molecule has 0 unspecified atom stereocenters. The number of ether oxygens (including phenoxy) is 4. The molecule has 3 N–H and O–H groups in total. The van der Waals surface area contributed by atoms with Crippen LogP contribution in [0.1, 0.15) is 85.3 Å². The normalized spacial score (nSPS) is 28.1. The average molecular weight is 935 g/mol. The van der Waals surface area contributed by atoms with Crippen molar-refractivity contribution in [3.63, 3.8) is 0 Å². The molecule has 1 saturated heterocycles. The van der Waals surface area contributed by atoms with Gasteiger partial charge in [-0.1, -0.05) is 19.1 Å². The number of hydrogen-bond donors (Lipinski definition) is 3. The topological polar surface area (TPSA) is 204 Å². The Morgan fingerprint density at radius 3 is 2.38 bits per heavy atom. The van der Waals surface area contributed by atoms with Gasteiger partial charge in [-0.05, 0) is 84.3 Å². The van der Waals surface area contributed by atoms with Gasteiger partial charge in [0.25, 0.3) is 5.91 Å². The van der Waals surface area contributed by atoms with Crippen molar-refractivity contribution in [3.8, 4) is 11.6 Å². The summed E-state index contributed by atoms with van der Waals surface area (Å²) < 4.78 is 134. The van der Waals surface area contributed by atoms with E-state index < -0.39 is 117 Å². The van der Waals surface area contributed by atoms with Crippen molar-refractivity contribution < 1.29 is 72.9 Å². The van der Waals surface area contributed by atoms with Gasteiger partial charge in [-0.25, -0.2) is 23.2 Å². The zero-order valence-electron chi connectivity index (χ0n) is 36.0. The largest absolute Gasteiger partial charge is 0.494 e. The number of alkyl carbamates (subject to hydrolysis) is 1. The third-order valence-corrected chi connectivity index (χ3v) is 14.4. The number of amides is 4. The number of nitrogens with one attached hydrogen (secondary N) is 3. The highest BCUT2D eigenvalue weighted by Gasteiger charge is 2.63. The van der Waals surface area contributed by atoms with Crippen LogP contribution in [0.15, 0.2) is 30.4 Å². The zero-order valence-corrected chi connectivity index (χ0v) is 36.8. The van der Waals surface area contributed by atoms with E-state index in [-0.39, 0.29) is 48.8 Å². The van der Waals surface area contributed by atoms with Crippen molar-refractivity contribution in [2.75, 3.05) is 26.9 Å². The molecule has 1 aromatic heterocycles. The lowest BCUT2D eigenvalue weighted by atomic mass is 9.87. The molecule has 0 bridgehead atoms. The number of carbonyl (C=O) groups excluding carboxylic acids is 4. The standard InChI is InChI=1S/C41H52F6N6O10S/c1-7-61-25-12-13-27-28(17-25)49-33(31(48-27)40(42,43)44)62-26-18-29-32(54)51-39(35(56)52-64(58,59)38(5)14-15-38)19-24(39)11-9-8-10-22(2)16-23(21-60-6)30(34(55)53(29)20-26)50-36(57)63-37(3,4)41(45,46)47/h9,11-13,17,22-24,26,29-30H,7-8,10,14-16,18-21H2,1-6H3,(H,50,57)(H,51,54)(H,52,56)/b11-9-/t22-,23-,24+,26+,29-,30-,39+/m0/s1. The first-order chi connectivity index (χ1) is 29.7. The van der Waals surface area contributed by atoms with E-state index in [1.54, 1.807) is 19.1 Å². The number of aromatic nitrogens is 2. The molecule has 0 spiro atoms. The Bertz CT molecular complexity index is 2270. The lowest BCUT2D eigenvalue weighted by Gasteiger charge is -2.35. The second-order valence-electron chi connectivity index (χ2n) is 17.7. The van der Waals surface area contributed by atoms with Gasteiger partial charge in [0.2, 0.25) is 39.0 Å². The summed E-state index contributed by atoms with van der Waals surface area (Å²) in [5.41, 5.74) is -6.58. The molecule has 4 amide bonds. The van der Waals surface area contributed by atoms with Gasteiger partial charge >= 0.3 is 18.4 Å². The maximum Gasteiger partial charge on any atom is 0.438 e. The first-order valence-electron chi connectivity index (χ1n) is 20.8. The van der Waals surface area contributed by atoms with E-state index in [4.69, 9.17) is 18.9 Å². The highest BCUT2D eigenvalue weighted by atomic mass is 32.2. The Morgan fingerprint density at radius 2 is 1.75 bits per heavy atom. The number of carbonyl (C=O) groups is 4. The van der Waals surface area contributed by atoms with Gasteiger partial charge < -0.3 is 34.5 Å². The first kappa shape index (κ1) is 48.5. The molecule has 23 heteroatoms. The van der Waals surface area contributed by atoms with Gasteiger partial charge in [-0.15, -0.1) is 0 Å². The number of nitrogens with zero attached hydrogens (tertiary/aromatic N) is 3. The van der Waals surface area contributed by atoms with Crippen LogP contribution in [-0.4, -0.2) is 114 Å². The van der Waals surface area contributed by atoms with Crippen molar-refractivity contribution >= 4 is 44.9 Å². The van der Waals surface area contributed by atoms with Crippen LogP contribution in [0, 0.1) is 17.8 Å². The van der Waals surface area contributed by atoms with Crippen LogP contribution in [-0.2, 0) is 40.1 Å². The molecule has 1 aromatic carbocycles. The van der Waals surface area contributed by atoms with Crippen molar-refractivity contribution in [2.24, 2.45) is 17.8 Å². The number of fused-ring (bicyclic) bond motifs is 3. The number of rotatable bonds is 11. The van der Waals surface area contributed by atoms with Gasteiger partial charge in [0.1, 0.15) is 29.5 Å². The minimum Gasteiger partial charge on any atom is -0.494 e. The van der Waals surface area contributed by atoms with E-state index in [1.807, 2.05) is 6.92 Å². The Kier molecular flexibility index (Phi) is 13.5. The van der Waals surface area contributed by atoms with Gasteiger partial charge in [-0.3, -0.25) is 19.1 Å². The van der Waals surface area contributed by atoms with E-state index >= 15 is 0 Å². The Labute approximate surface area is 365 Å². The number of methoxy groups -OCH3 is 1. The molecule has 4 aliphatic rings. The molecule has 2 aliphatic heterocycles. The molecule has 16 nitrogen and oxygen atoms in total. The minimum atomic E-state index is -5.11. The SMILES string of the molecule is CCOc1ccc2nc(C(F)(F)F)c(O[C@@H]3C[C@H]4C(=O)N[C@]5(C(=O)NS(=O)(=O)C6(C)CC6)C[C@H]5/C=C\CC[C@H](C)C[C@@H](COC)[C@H](NC(=O)OC(C)(C)C(F)(F)F)C(=O)N4C3)nc2c1. The zero-order chi connectivity index (χ0) is 47.2. The fourth-order valence-electron chi connectivity index (χ4n) is 7.94. The van der Waals surface area contributed by atoms with E-state index in [9.17, 15) is 53.9 Å². The van der Waals surface area contributed by atoms with E-state index in [0.717, 1.165) is 4.90 Å². The van der Waals surface area contributed by atoms with Crippen molar-refractivity contribution in [1.82, 2.24) is 30.2 Å². The summed E-state index contributed by atoms with van der Waals surface area (Å²) in [4.78, 5) is 65.6. The summed E-state index contributed by atoms with van der Waals surface area (Å²) >= 11 is 0. The van der Waals surface area contributed by atoms with Gasteiger partial charge in [-0.2, -0.15) is 26.3 Å². The van der Waals surface area contributed by atoms with Gasteiger partial charge in [0.05, 0.1) is 35.5 Å². The number of allylic oxidation sites excluding steroid dienone is 1. The molecule has 2 saturated carbocycles. The number of hydrogen-bond acceptors (Lipinski definition) is 12. The lowest BCUT2D eigenvalue weighted by Crippen LogP contribution is -2.60. The monoisotopic (exact) mass is 934 g/mol. The van der Waals surface area contributed by atoms with Crippen LogP contribution in [0.4, 0.5) is 31.1 Å². The smallest absolute Gasteiger partial charge is 0.438 e. The lowest BCUT2D eigenvalue weighted by molar-refractivity contribution is -0.244. The maximum atomic E-state index is 15.0. The quantitative estimate of drug-likeness (QED) is 0.193. The van der Waals surface area contributed by atoms with Crippen LogP contribution in [0.5, 0.6) is 11.6 Å². The molecule has 3 fully saturated rings. The minimum absolute atomic E-state index is 0.0459. The van der Waals surface area contributed by atoms with Crippen molar-refractivity contribution in [3.05, 3.63) is 36.0 Å². The fraction of sp³-hybridized carbons (Fsp3) is 0.659. The summed E-state index contributed by atoms with van der Waals surface area (Å²) in [5, 5.41) is 4.89. The van der Waals surface area contributed by atoms with Crippen LogP contribution in [0.25, 0.3) is 11.0 Å². The van der Waals surface area contributed by atoms with E-state index in [2.05, 4.69) is 25.3 Å². The highest BCUT2D eigenvalue weighted by Crippen LogP contribution is 2.48. The van der Waals surface area contributed by atoms with Crippen molar-refractivity contribution in [2.45, 2.75) is 126 Å². The first-order valence-corrected chi connectivity index (χ1v) is 22.3. The molecule has 0 radical (unpaired) electrons. The summed E-state index contributed by atoms with van der Waals surface area (Å²) in [5.74, 6) is -5.77. The number of halogens is 6. The molecular formula is C41H52F6N6O10S. The third kappa shape index (κ3) is 10.3. The second kappa shape index (κ2) is 17.8. The highest BCUT2D eigenvalue weighted by molar-refractivity contribution is 7.91. The van der Waals surface area contributed by atoms with Crippen LogP contribution < -0.4 is 24.8 Å². The van der Waals surface area contributed by atoms with Crippen LogP contribution in [0.3, 0.4) is 0 Å². The summed E-state index contributed by atoms with van der Waals surface area (Å²) in [7, 11) is -2.91. The Hall–Kier alpha value is -4.93. The molecule has 7 atom stereocenters. The van der Waals surface area contributed by atoms with Gasteiger partial charge in [0.15, 0.2) is 0 Å². The molecule has 2 aromatic rings. The van der Waals surface area contributed by atoms with Crippen LogP contribution >= 0.6 is 0 Å². The van der Waals surface area contributed by atoms with E-state index in [1.165, 1.54) is 32.2 Å². The average Bonchev–Trinajstić information content (AvgIpc) is 4.07. The Morgan fingerprint density at radius 1 is 1.05 bits per heavy atom. The second-order valence-corrected chi connectivity index (χ2v) is 19.9. The number of alkyl halides is 6. The molecule has 354 valence electrons.